The molecule has 4 rings (SSSR count). The number of imidazole rings is 1. The van der Waals surface area contributed by atoms with Gasteiger partial charge in [0.1, 0.15) is 11.9 Å². The normalized spacial score (nSPS) is 16.6. The third kappa shape index (κ3) is 5.85. The van der Waals surface area contributed by atoms with Gasteiger partial charge in [0, 0.05) is 12.8 Å². The Morgan fingerprint density at radius 1 is 1.05 bits per heavy atom. The van der Waals surface area contributed by atoms with Crippen molar-refractivity contribution in [3.8, 4) is 22.4 Å². The van der Waals surface area contributed by atoms with Crippen molar-refractivity contribution < 1.29 is 22.7 Å². The van der Waals surface area contributed by atoms with E-state index in [0.29, 0.717) is 12.4 Å². The molecule has 2 heterocycles. The summed E-state index contributed by atoms with van der Waals surface area (Å²) in [6.07, 6.45) is 3.96. The second-order valence-electron chi connectivity index (χ2n) is 9.60. The highest BCUT2D eigenvalue weighted by Crippen LogP contribution is 2.33. The number of benzene rings is 2. The topological polar surface area (TPSA) is 121 Å². The van der Waals surface area contributed by atoms with Crippen LogP contribution in [0.3, 0.4) is 0 Å². The average Bonchev–Trinajstić information content (AvgIpc) is 3.56. The van der Waals surface area contributed by atoms with Gasteiger partial charge in [-0.15, -0.1) is 0 Å². The standard InChI is InChI=1S/C27H32N4O5S/c1-17(2)24(30-27(33)36-3)26(32)31-15-5-6-23(31)25-28-16-22(29-25)20-9-7-18(8-10-20)19-11-13-21(14-12-19)37(4,34)35/h7-14,16-17,23-24H,5-6,15H2,1-4H3,(H,28,29)(H,30,33)/t23-,24+/m1/s1. The Morgan fingerprint density at radius 3 is 2.22 bits per heavy atom. The van der Waals surface area contributed by atoms with Crippen molar-refractivity contribution in [2.24, 2.45) is 5.92 Å². The van der Waals surface area contributed by atoms with E-state index in [9.17, 15) is 18.0 Å². The summed E-state index contributed by atoms with van der Waals surface area (Å²) in [5, 5.41) is 2.66. The molecule has 0 spiro atoms. The van der Waals surface area contributed by atoms with Crippen molar-refractivity contribution in [1.82, 2.24) is 20.2 Å². The van der Waals surface area contributed by atoms with Gasteiger partial charge in [-0.05, 0) is 47.6 Å². The van der Waals surface area contributed by atoms with Crippen molar-refractivity contribution in [2.45, 2.75) is 43.7 Å². The summed E-state index contributed by atoms with van der Waals surface area (Å²) >= 11 is 0. The van der Waals surface area contributed by atoms with Crippen molar-refractivity contribution in [3.63, 3.8) is 0 Å². The molecule has 0 aliphatic carbocycles. The number of methoxy groups -OCH3 is 1. The smallest absolute Gasteiger partial charge is 0.407 e. The fourth-order valence-corrected chi connectivity index (χ4v) is 5.21. The fraction of sp³-hybridized carbons (Fsp3) is 0.370. The predicted octanol–water partition coefficient (Wildman–Crippen LogP) is 4.19. The number of nitrogens with one attached hydrogen (secondary N) is 2. The molecule has 2 amide bonds. The Labute approximate surface area is 217 Å². The molecule has 9 nitrogen and oxygen atoms in total. The first-order valence-electron chi connectivity index (χ1n) is 12.2. The van der Waals surface area contributed by atoms with E-state index in [4.69, 9.17) is 4.74 Å². The number of rotatable bonds is 7. The number of hydrogen-bond acceptors (Lipinski definition) is 6. The molecular formula is C27H32N4O5S. The van der Waals surface area contributed by atoms with Crippen LogP contribution in [0.15, 0.2) is 59.6 Å². The minimum absolute atomic E-state index is 0.0962. The van der Waals surface area contributed by atoms with Crippen LogP contribution in [0.4, 0.5) is 4.79 Å². The first-order valence-corrected chi connectivity index (χ1v) is 14.1. The number of hydrogen-bond donors (Lipinski definition) is 2. The summed E-state index contributed by atoms with van der Waals surface area (Å²) < 4.78 is 28.1. The molecule has 0 radical (unpaired) electrons. The number of aromatic amines is 1. The van der Waals surface area contributed by atoms with Crippen LogP contribution in [0.2, 0.25) is 0 Å². The molecule has 2 atom stereocenters. The van der Waals surface area contributed by atoms with Crippen molar-refractivity contribution >= 4 is 21.8 Å². The molecule has 1 saturated heterocycles. The van der Waals surface area contributed by atoms with Crippen molar-refractivity contribution in [2.75, 3.05) is 19.9 Å². The minimum atomic E-state index is -3.23. The van der Waals surface area contributed by atoms with Crippen LogP contribution in [0.25, 0.3) is 22.4 Å². The Kier molecular flexibility index (Phi) is 7.68. The second kappa shape index (κ2) is 10.8. The molecule has 3 aromatic rings. The molecule has 1 aliphatic heterocycles. The largest absolute Gasteiger partial charge is 0.453 e. The maximum absolute atomic E-state index is 13.3. The van der Waals surface area contributed by atoms with Gasteiger partial charge in [-0.3, -0.25) is 4.79 Å². The Bertz CT molecular complexity index is 1360. The van der Waals surface area contributed by atoms with Gasteiger partial charge in [0.05, 0.1) is 29.9 Å². The van der Waals surface area contributed by atoms with Gasteiger partial charge in [0.15, 0.2) is 9.84 Å². The minimum Gasteiger partial charge on any atom is -0.453 e. The molecular weight excluding hydrogens is 492 g/mol. The first kappa shape index (κ1) is 26.4. The lowest BCUT2D eigenvalue weighted by molar-refractivity contribution is -0.135. The second-order valence-corrected chi connectivity index (χ2v) is 11.6. The van der Waals surface area contributed by atoms with Gasteiger partial charge in [0.25, 0.3) is 0 Å². The zero-order chi connectivity index (χ0) is 26.7. The maximum Gasteiger partial charge on any atom is 0.407 e. The zero-order valence-corrected chi connectivity index (χ0v) is 22.2. The molecule has 10 heteroatoms. The molecule has 0 bridgehead atoms. The summed E-state index contributed by atoms with van der Waals surface area (Å²) in [6.45, 7) is 4.37. The van der Waals surface area contributed by atoms with E-state index in [1.807, 2.05) is 38.1 Å². The Morgan fingerprint density at radius 2 is 1.65 bits per heavy atom. The number of alkyl carbamates (subject to hydrolysis) is 1. The average molecular weight is 525 g/mol. The summed E-state index contributed by atoms with van der Waals surface area (Å²) in [7, 11) is -1.96. The molecule has 0 saturated carbocycles. The Balaban J connectivity index is 1.50. The summed E-state index contributed by atoms with van der Waals surface area (Å²) in [5.74, 6) is 0.468. The summed E-state index contributed by atoms with van der Waals surface area (Å²) in [4.78, 5) is 35.1. The lowest BCUT2D eigenvalue weighted by Crippen LogP contribution is -2.51. The molecule has 196 valence electrons. The number of aromatic nitrogens is 2. The molecule has 1 aromatic heterocycles. The number of likely N-dealkylation sites (tertiary alicyclic amines) is 1. The quantitative estimate of drug-likeness (QED) is 0.478. The number of H-pyrrole nitrogens is 1. The number of carbonyl (C=O) groups excluding carboxylic acids is 2. The zero-order valence-electron chi connectivity index (χ0n) is 21.4. The van der Waals surface area contributed by atoms with Crippen LogP contribution in [0, 0.1) is 5.92 Å². The van der Waals surface area contributed by atoms with E-state index >= 15 is 0 Å². The number of amides is 2. The van der Waals surface area contributed by atoms with Crippen LogP contribution in [0.5, 0.6) is 0 Å². The first-order chi connectivity index (χ1) is 17.6. The van der Waals surface area contributed by atoms with E-state index in [-0.39, 0.29) is 22.8 Å². The SMILES string of the molecule is COC(=O)N[C@H](C(=O)N1CCC[C@@H]1c1ncc(-c2ccc(-c3ccc(S(C)(=O)=O)cc3)cc2)[nH]1)C(C)C. The van der Waals surface area contributed by atoms with E-state index in [1.165, 1.54) is 13.4 Å². The molecule has 1 aliphatic rings. The predicted molar refractivity (Wildman–Crippen MR) is 140 cm³/mol. The lowest BCUT2D eigenvalue weighted by atomic mass is 10.0. The molecule has 2 N–H and O–H groups in total. The van der Waals surface area contributed by atoms with Gasteiger partial charge in [-0.2, -0.15) is 0 Å². The van der Waals surface area contributed by atoms with Crippen LogP contribution in [-0.2, 0) is 19.4 Å². The summed E-state index contributed by atoms with van der Waals surface area (Å²) in [5.41, 5.74) is 3.67. The number of sulfone groups is 1. The monoisotopic (exact) mass is 524 g/mol. The third-order valence-electron chi connectivity index (χ3n) is 6.65. The van der Waals surface area contributed by atoms with Gasteiger partial charge in [-0.25, -0.2) is 18.2 Å². The van der Waals surface area contributed by atoms with E-state index in [0.717, 1.165) is 35.2 Å². The van der Waals surface area contributed by atoms with Gasteiger partial charge in [0.2, 0.25) is 5.91 Å². The number of carbonyl (C=O) groups is 2. The molecule has 37 heavy (non-hydrogen) atoms. The highest BCUT2D eigenvalue weighted by Gasteiger charge is 2.37. The molecule has 2 aromatic carbocycles. The molecule has 0 unspecified atom stereocenters. The van der Waals surface area contributed by atoms with Crippen LogP contribution < -0.4 is 5.32 Å². The summed E-state index contributed by atoms with van der Waals surface area (Å²) in [6, 6.07) is 13.8. The van der Waals surface area contributed by atoms with E-state index in [1.54, 1.807) is 35.4 Å². The van der Waals surface area contributed by atoms with Crippen LogP contribution >= 0.6 is 0 Å². The van der Waals surface area contributed by atoms with Gasteiger partial charge in [-0.1, -0.05) is 50.2 Å². The molecule has 1 fully saturated rings. The van der Waals surface area contributed by atoms with Crippen molar-refractivity contribution in [1.29, 1.82) is 0 Å². The maximum atomic E-state index is 13.3. The highest BCUT2D eigenvalue weighted by molar-refractivity contribution is 7.90. The third-order valence-corrected chi connectivity index (χ3v) is 7.78. The number of nitrogens with zero attached hydrogens (tertiary/aromatic N) is 2. The van der Waals surface area contributed by atoms with Crippen molar-refractivity contribution in [3.05, 3.63) is 60.6 Å². The number of ether oxygens (including phenoxy) is 1. The fourth-order valence-electron chi connectivity index (χ4n) is 4.58. The van der Waals surface area contributed by atoms with Gasteiger partial charge >= 0.3 is 6.09 Å². The van der Waals surface area contributed by atoms with Gasteiger partial charge < -0.3 is 19.9 Å². The lowest BCUT2D eigenvalue weighted by Gasteiger charge is -2.30. The van der Waals surface area contributed by atoms with Crippen LogP contribution in [0.1, 0.15) is 38.6 Å². The van der Waals surface area contributed by atoms with E-state index < -0.39 is 22.0 Å². The highest BCUT2D eigenvalue weighted by atomic mass is 32.2. The van der Waals surface area contributed by atoms with Crippen LogP contribution in [-0.4, -0.2) is 61.2 Å². The van der Waals surface area contributed by atoms with E-state index in [2.05, 4.69) is 15.3 Å². The Hall–Kier alpha value is -3.66.